The summed E-state index contributed by atoms with van der Waals surface area (Å²) >= 11 is 12.4. The lowest BCUT2D eigenvalue weighted by atomic mass is 9.83. The third-order valence-corrected chi connectivity index (χ3v) is 5.64. The number of likely N-dealkylation sites (tertiary alicyclic amines) is 1. The predicted molar refractivity (Wildman–Crippen MR) is 92.3 cm³/mol. The van der Waals surface area contributed by atoms with Crippen molar-refractivity contribution in [3.8, 4) is 0 Å². The number of benzene rings is 1. The van der Waals surface area contributed by atoms with Crippen LogP contribution in [0.4, 0.5) is 0 Å². The maximum atomic E-state index is 6.60. The zero-order valence-corrected chi connectivity index (χ0v) is 14.6. The van der Waals surface area contributed by atoms with Gasteiger partial charge in [-0.15, -0.1) is 0 Å². The van der Waals surface area contributed by atoms with Crippen LogP contribution in [0.25, 0.3) is 0 Å². The van der Waals surface area contributed by atoms with Gasteiger partial charge in [-0.1, -0.05) is 36.5 Å². The van der Waals surface area contributed by atoms with E-state index in [1.165, 1.54) is 19.3 Å². The molecule has 0 spiro atoms. The Morgan fingerprint density at radius 2 is 1.90 bits per heavy atom. The standard InChI is InChI=1S/C17H26Cl2N2/c1-3-17(2,21-9-5-4-6-10-21)16(20)12-13-11-14(18)7-8-15(13)19/h7-8,11,16H,3-6,9-10,12,20H2,1-2H3. The molecule has 2 N–H and O–H groups in total. The SMILES string of the molecule is CCC(C)(C(N)Cc1cc(Cl)ccc1Cl)N1CCCCC1. The Bertz CT molecular complexity index is 472. The van der Waals surface area contributed by atoms with Crippen LogP contribution in [-0.2, 0) is 6.42 Å². The first-order valence-corrected chi connectivity index (χ1v) is 8.67. The van der Waals surface area contributed by atoms with Gasteiger partial charge in [-0.25, -0.2) is 0 Å². The summed E-state index contributed by atoms with van der Waals surface area (Å²) < 4.78 is 0. The first kappa shape index (κ1) is 17.1. The maximum Gasteiger partial charge on any atom is 0.0439 e. The number of nitrogens with two attached hydrogens (primary N) is 1. The molecule has 21 heavy (non-hydrogen) atoms. The van der Waals surface area contributed by atoms with Crippen LogP contribution < -0.4 is 5.73 Å². The predicted octanol–water partition coefficient (Wildman–Crippen LogP) is 4.52. The van der Waals surface area contributed by atoms with Gasteiger partial charge in [-0.05, 0) is 69.5 Å². The molecule has 1 aliphatic heterocycles. The average molecular weight is 329 g/mol. The van der Waals surface area contributed by atoms with E-state index < -0.39 is 0 Å². The number of hydrogen-bond acceptors (Lipinski definition) is 2. The van der Waals surface area contributed by atoms with Gasteiger partial charge in [-0.2, -0.15) is 0 Å². The van der Waals surface area contributed by atoms with Crippen molar-refractivity contribution in [3.05, 3.63) is 33.8 Å². The minimum absolute atomic E-state index is 0.0199. The zero-order valence-electron chi connectivity index (χ0n) is 13.0. The monoisotopic (exact) mass is 328 g/mol. The van der Waals surface area contributed by atoms with Crippen molar-refractivity contribution in [2.45, 2.75) is 57.5 Å². The summed E-state index contributed by atoms with van der Waals surface area (Å²) in [5.74, 6) is 0. The third kappa shape index (κ3) is 3.92. The molecule has 118 valence electrons. The molecule has 2 unspecified atom stereocenters. The highest BCUT2D eigenvalue weighted by Gasteiger charge is 2.36. The molecule has 0 bridgehead atoms. The van der Waals surface area contributed by atoms with Gasteiger partial charge in [0.1, 0.15) is 0 Å². The van der Waals surface area contributed by atoms with Crippen molar-refractivity contribution < 1.29 is 0 Å². The number of rotatable bonds is 5. The van der Waals surface area contributed by atoms with Crippen molar-refractivity contribution in [3.63, 3.8) is 0 Å². The average Bonchev–Trinajstić information content (AvgIpc) is 2.51. The molecule has 0 aliphatic carbocycles. The largest absolute Gasteiger partial charge is 0.326 e. The van der Waals surface area contributed by atoms with Gasteiger partial charge in [0.15, 0.2) is 0 Å². The summed E-state index contributed by atoms with van der Waals surface area (Å²) in [4.78, 5) is 2.57. The summed E-state index contributed by atoms with van der Waals surface area (Å²) in [5.41, 5.74) is 7.67. The van der Waals surface area contributed by atoms with E-state index in [2.05, 4.69) is 18.7 Å². The highest BCUT2D eigenvalue weighted by atomic mass is 35.5. The molecule has 1 heterocycles. The Morgan fingerprint density at radius 1 is 1.24 bits per heavy atom. The van der Waals surface area contributed by atoms with E-state index in [0.717, 1.165) is 41.5 Å². The maximum absolute atomic E-state index is 6.60. The minimum atomic E-state index is 0.0199. The van der Waals surface area contributed by atoms with Crippen LogP contribution in [0.5, 0.6) is 0 Å². The van der Waals surface area contributed by atoms with Gasteiger partial charge in [0, 0.05) is 21.6 Å². The second-order valence-corrected chi connectivity index (χ2v) is 7.15. The molecule has 1 aliphatic rings. The minimum Gasteiger partial charge on any atom is -0.326 e. The Hall–Kier alpha value is -0.280. The quantitative estimate of drug-likeness (QED) is 0.861. The molecule has 0 amide bonds. The van der Waals surface area contributed by atoms with E-state index in [-0.39, 0.29) is 11.6 Å². The first-order valence-electron chi connectivity index (χ1n) is 7.92. The zero-order chi connectivity index (χ0) is 15.5. The van der Waals surface area contributed by atoms with Gasteiger partial charge in [0.25, 0.3) is 0 Å². The van der Waals surface area contributed by atoms with Crippen LogP contribution in [0.3, 0.4) is 0 Å². The molecule has 0 saturated carbocycles. The van der Waals surface area contributed by atoms with Gasteiger partial charge >= 0.3 is 0 Å². The van der Waals surface area contributed by atoms with E-state index >= 15 is 0 Å². The van der Waals surface area contributed by atoms with Crippen molar-refractivity contribution in [1.82, 2.24) is 4.90 Å². The lowest BCUT2D eigenvalue weighted by Crippen LogP contribution is -2.59. The normalized spacial score (nSPS) is 21.0. The Kier molecular flexibility index (Phi) is 5.96. The molecule has 4 heteroatoms. The fourth-order valence-corrected chi connectivity index (χ4v) is 3.67. The molecule has 2 rings (SSSR count). The Balaban J connectivity index is 2.15. The number of piperidine rings is 1. The van der Waals surface area contributed by atoms with Crippen molar-refractivity contribution in [1.29, 1.82) is 0 Å². The molecule has 1 aromatic carbocycles. The summed E-state index contributed by atoms with van der Waals surface area (Å²) in [7, 11) is 0. The van der Waals surface area contributed by atoms with Crippen LogP contribution >= 0.6 is 23.2 Å². The second kappa shape index (κ2) is 7.32. The summed E-state index contributed by atoms with van der Waals surface area (Å²) in [6, 6.07) is 5.67. The third-order valence-electron chi connectivity index (χ3n) is 5.04. The van der Waals surface area contributed by atoms with Gasteiger partial charge in [-0.3, -0.25) is 4.90 Å². The molecular weight excluding hydrogens is 303 g/mol. The Morgan fingerprint density at radius 3 is 2.52 bits per heavy atom. The van der Waals surface area contributed by atoms with Crippen LogP contribution in [-0.4, -0.2) is 29.6 Å². The van der Waals surface area contributed by atoms with Crippen LogP contribution in [0, 0.1) is 0 Å². The van der Waals surface area contributed by atoms with E-state index in [0.29, 0.717) is 0 Å². The highest BCUT2D eigenvalue weighted by Crippen LogP contribution is 2.30. The van der Waals surface area contributed by atoms with Crippen molar-refractivity contribution in [2.24, 2.45) is 5.73 Å². The fourth-order valence-electron chi connectivity index (χ4n) is 3.28. The molecule has 1 fully saturated rings. The lowest BCUT2D eigenvalue weighted by Gasteiger charge is -2.47. The molecule has 1 aromatic rings. The summed E-state index contributed by atoms with van der Waals surface area (Å²) in [5, 5.41) is 1.48. The van der Waals surface area contributed by atoms with Crippen LogP contribution in [0.15, 0.2) is 18.2 Å². The molecule has 2 atom stereocenters. The molecule has 1 saturated heterocycles. The van der Waals surface area contributed by atoms with Crippen LogP contribution in [0.1, 0.15) is 45.1 Å². The molecule has 2 nitrogen and oxygen atoms in total. The second-order valence-electron chi connectivity index (χ2n) is 6.30. The fraction of sp³-hybridized carbons (Fsp3) is 0.647. The van der Waals surface area contributed by atoms with Crippen molar-refractivity contribution >= 4 is 23.2 Å². The van der Waals surface area contributed by atoms with Gasteiger partial charge in [0.05, 0.1) is 0 Å². The number of halogens is 2. The smallest absolute Gasteiger partial charge is 0.0439 e. The first-order chi connectivity index (χ1) is 9.97. The number of nitrogens with zero attached hydrogens (tertiary/aromatic N) is 1. The van der Waals surface area contributed by atoms with Crippen molar-refractivity contribution in [2.75, 3.05) is 13.1 Å². The van der Waals surface area contributed by atoms with Gasteiger partial charge in [0.2, 0.25) is 0 Å². The van der Waals surface area contributed by atoms with E-state index in [1.54, 1.807) is 0 Å². The lowest BCUT2D eigenvalue weighted by molar-refractivity contribution is 0.0546. The summed E-state index contributed by atoms with van der Waals surface area (Å²) in [6.45, 7) is 6.83. The molecule has 0 radical (unpaired) electrons. The van der Waals surface area contributed by atoms with E-state index in [4.69, 9.17) is 28.9 Å². The van der Waals surface area contributed by atoms with Crippen LogP contribution in [0.2, 0.25) is 10.0 Å². The van der Waals surface area contributed by atoms with Gasteiger partial charge < -0.3 is 5.73 Å². The highest BCUT2D eigenvalue weighted by molar-refractivity contribution is 6.33. The topological polar surface area (TPSA) is 29.3 Å². The van der Waals surface area contributed by atoms with E-state index in [1.807, 2.05) is 18.2 Å². The molecular formula is C17H26Cl2N2. The molecule has 0 aromatic heterocycles. The summed E-state index contributed by atoms with van der Waals surface area (Å²) in [6.07, 6.45) is 5.71. The Labute approximate surface area is 138 Å². The van der Waals surface area contributed by atoms with E-state index in [9.17, 15) is 0 Å². The number of hydrogen-bond donors (Lipinski definition) is 1.